The third-order valence-corrected chi connectivity index (χ3v) is 6.50. The van der Waals surface area contributed by atoms with Crippen LogP contribution in [0, 0.1) is 5.92 Å². The van der Waals surface area contributed by atoms with E-state index in [-0.39, 0.29) is 24.7 Å². The third-order valence-electron chi connectivity index (χ3n) is 5.26. The number of hydrogen-bond acceptors (Lipinski definition) is 5. The van der Waals surface area contributed by atoms with Gasteiger partial charge < -0.3 is 14.4 Å². The molecule has 0 aromatic heterocycles. The quantitative estimate of drug-likeness (QED) is 0.792. The van der Waals surface area contributed by atoms with Gasteiger partial charge in [-0.1, -0.05) is 6.07 Å². The molecule has 1 aromatic carbocycles. The molecule has 4 aliphatic rings. The van der Waals surface area contributed by atoms with E-state index in [9.17, 15) is 13.2 Å². The van der Waals surface area contributed by atoms with E-state index in [1.807, 2.05) is 23.1 Å². The zero-order chi connectivity index (χ0) is 17.6. The van der Waals surface area contributed by atoms with Crippen LogP contribution in [0.15, 0.2) is 18.2 Å². The predicted molar refractivity (Wildman–Crippen MR) is 90.9 cm³/mol. The lowest BCUT2D eigenvalue weighted by Gasteiger charge is -2.36. The lowest BCUT2D eigenvalue weighted by Crippen LogP contribution is -2.48. The Bertz CT molecular complexity index is 794. The monoisotopic (exact) mass is 366 g/mol. The molecule has 136 valence electrons. The first-order valence-corrected chi connectivity index (χ1v) is 10.4. The first-order valence-electron chi connectivity index (χ1n) is 8.53. The van der Waals surface area contributed by atoms with Crippen LogP contribution in [0.2, 0.25) is 0 Å². The summed E-state index contributed by atoms with van der Waals surface area (Å²) in [6, 6.07) is 5.52. The molecule has 1 aromatic rings. The van der Waals surface area contributed by atoms with Gasteiger partial charge in [0, 0.05) is 25.7 Å². The number of carbonyl (C=O) groups excluding carboxylic acids is 1. The molecule has 5 rings (SSSR count). The SMILES string of the molecule is CS(=O)(=O)N1C[C@H]2CC[C@@H](C1)N(C(=O)Cc1ccc3c(c1)OCO3)C2. The highest BCUT2D eigenvalue weighted by atomic mass is 32.2. The van der Waals surface area contributed by atoms with Crippen molar-refractivity contribution >= 4 is 15.9 Å². The maximum Gasteiger partial charge on any atom is 0.231 e. The van der Waals surface area contributed by atoms with Crippen molar-refractivity contribution in [1.29, 1.82) is 0 Å². The minimum atomic E-state index is -3.22. The molecule has 4 heterocycles. The van der Waals surface area contributed by atoms with Gasteiger partial charge in [0.05, 0.1) is 12.7 Å². The van der Waals surface area contributed by atoms with Crippen LogP contribution in [0.3, 0.4) is 0 Å². The van der Waals surface area contributed by atoms with Gasteiger partial charge in [-0.25, -0.2) is 8.42 Å². The maximum atomic E-state index is 12.9. The van der Waals surface area contributed by atoms with Gasteiger partial charge >= 0.3 is 0 Å². The first-order chi connectivity index (χ1) is 11.9. The summed E-state index contributed by atoms with van der Waals surface area (Å²) in [6.07, 6.45) is 3.38. The number of sulfonamides is 1. The second-order valence-corrected chi connectivity index (χ2v) is 9.07. The number of rotatable bonds is 3. The van der Waals surface area contributed by atoms with Gasteiger partial charge in [-0.15, -0.1) is 0 Å². The summed E-state index contributed by atoms with van der Waals surface area (Å²) in [4.78, 5) is 14.7. The van der Waals surface area contributed by atoms with E-state index in [1.165, 1.54) is 10.6 Å². The molecule has 1 amide bonds. The fourth-order valence-corrected chi connectivity index (χ4v) is 4.87. The average molecular weight is 366 g/mol. The lowest BCUT2D eigenvalue weighted by atomic mass is 9.94. The smallest absolute Gasteiger partial charge is 0.231 e. The Morgan fingerprint density at radius 1 is 1.16 bits per heavy atom. The van der Waals surface area contributed by atoms with E-state index in [4.69, 9.17) is 9.47 Å². The standard InChI is InChI=1S/C17H22N2O5S/c1-25(21,22)18-8-13-2-4-14(10-18)19(9-13)17(20)7-12-3-5-15-16(6-12)24-11-23-15/h3,5-6,13-14H,2,4,7-11H2,1H3/t13-,14+/m1/s1. The maximum absolute atomic E-state index is 12.9. The zero-order valence-electron chi connectivity index (χ0n) is 14.2. The van der Waals surface area contributed by atoms with Crippen molar-refractivity contribution in [3.05, 3.63) is 23.8 Å². The Labute approximate surface area is 147 Å². The van der Waals surface area contributed by atoms with Crippen molar-refractivity contribution in [2.24, 2.45) is 5.92 Å². The van der Waals surface area contributed by atoms with Crippen molar-refractivity contribution in [3.8, 4) is 11.5 Å². The number of nitrogens with zero attached hydrogens (tertiary/aromatic N) is 2. The van der Waals surface area contributed by atoms with Crippen molar-refractivity contribution in [3.63, 3.8) is 0 Å². The predicted octanol–water partition coefficient (Wildman–Crippen LogP) is 0.840. The molecule has 25 heavy (non-hydrogen) atoms. The van der Waals surface area contributed by atoms with Gasteiger partial charge in [-0.2, -0.15) is 4.31 Å². The van der Waals surface area contributed by atoms with E-state index >= 15 is 0 Å². The van der Waals surface area contributed by atoms with Crippen LogP contribution in [0.4, 0.5) is 0 Å². The molecule has 3 fully saturated rings. The Morgan fingerprint density at radius 3 is 2.76 bits per heavy atom. The highest BCUT2D eigenvalue weighted by Crippen LogP contribution is 2.33. The van der Waals surface area contributed by atoms with Gasteiger partial charge in [-0.05, 0) is 36.5 Å². The molecule has 0 aliphatic carbocycles. The van der Waals surface area contributed by atoms with Crippen LogP contribution < -0.4 is 9.47 Å². The molecule has 0 radical (unpaired) electrons. The summed E-state index contributed by atoms with van der Waals surface area (Å²) in [6.45, 7) is 1.77. The largest absolute Gasteiger partial charge is 0.454 e. The van der Waals surface area contributed by atoms with Crippen molar-refractivity contribution < 1.29 is 22.7 Å². The van der Waals surface area contributed by atoms with Gasteiger partial charge in [0.25, 0.3) is 0 Å². The van der Waals surface area contributed by atoms with Crippen LogP contribution in [0.5, 0.6) is 11.5 Å². The summed E-state index contributed by atoms with van der Waals surface area (Å²) in [7, 11) is -3.22. The number of carbonyl (C=O) groups is 1. The van der Waals surface area contributed by atoms with E-state index in [0.717, 1.165) is 18.4 Å². The molecule has 2 bridgehead atoms. The average Bonchev–Trinajstić information content (AvgIpc) is 2.81. The summed E-state index contributed by atoms with van der Waals surface area (Å²) >= 11 is 0. The fraction of sp³-hybridized carbons (Fsp3) is 0.588. The number of piperidine rings is 1. The molecule has 4 aliphatic heterocycles. The summed E-state index contributed by atoms with van der Waals surface area (Å²) in [5.41, 5.74) is 0.884. The number of fused-ring (bicyclic) bond motifs is 5. The topological polar surface area (TPSA) is 76.2 Å². The van der Waals surface area contributed by atoms with Crippen molar-refractivity contribution in [2.75, 3.05) is 32.7 Å². The van der Waals surface area contributed by atoms with Crippen LogP contribution in [0.1, 0.15) is 18.4 Å². The number of hydrogen-bond donors (Lipinski definition) is 0. The molecule has 3 saturated heterocycles. The van der Waals surface area contributed by atoms with Gasteiger partial charge in [0.15, 0.2) is 11.5 Å². The van der Waals surface area contributed by atoms with Gasteiger partial charge in [0.2, 0.25) is 22.7 Å². The van der Waals surface area contributed by atoms with Crippen LogP contribution in [-0.2, 0) is 21.2 Å². The van der Waals surface area contributed by atoms with E-state index in [0.29, 0.717) is 37.6 Å². The molecular formula is C17H22N2O5S. The fourth-order valence-electron chi connectivity index (χ4n) is 3.94. The molecule has 0 N–H and O–H groups in total. The highest BCUT2D eigenvalue weighted by Gasteiger charge is 2.39. The molecule has 7 nitrogen and oxygen atoms in total. The highest BCUT2D eigenvalue weighted by molar-refractivity contribution is 7.88. The van der Waals surface area contributed by atoms with Crippen molar-refractivity contribution in [2.45, 2.75) is 25.3 Å². The van der Waals surface area contributed by atoms with Crippen LogP contribution in [0.25, 0.3) is 0 Å². The Morgan fingerprint density at radius 2 is 1.96 bits per heavy atom. The minimum absolute atomic E-state index is 0.0324. The van der Waals surface area contributed by atoms with E-state index < -0.39 is 10.0 Å². The number of amides is 1. The van der Waals surface area contributed by atoms with E-state index in [2.05, 4.69) is 0 Å². The number of ether oxygens (including phenoxy) is 2. The second-order valence-electron chi connectivity index (χ2n) is 7.09. The van der Waals surface area contributed by atoms with Crippen LogP contribution in [-0.4, -0.2) is 62.3 Å². The third kappa shape index (κ3) is 3.32. The summed E-state index contributed by atoms with van der Waals surface area (Å²) < 4.78 is 36.1. The Kier molecular flexibility index (Phi) is 4.11. The van der Waals surface area contributed by atoms with Gasteiger partial charge in [-0.3, -0.25) is 4.79 Å². The summed E-state index contributed by atoms with van der Waals surface area (Å²) in [5, 5.41) is 0. The lowest BCUT2D eigenvalue weighted by molar-refractivity contribution is -0.134. The number of benzene rings is 1. The normalized spacial score (nSPS) is 25.9. The van der Waals surface area contributed by atoms with Crippen LogP contribution >= 0.6 is 0 Å². The molecule has 2 atom stereocenters. The van der Waals surface area contributed by atoms with Crippen molar-refractivity contribution in [1.82, 2.24) is 9.21 Å². The molecule has 0 unspecified atom stereocenters. The molecular weight excluding hydrogens is 344 g/mol. The molecule has 0 saturated carbocycles. The minimum Gasteiger partial charge on any atom is -0.454 e. The zero-order valence-corrected chi connectivity index (χ0v) is 15.0. The second kappa shape index (κ2) is 6.17. The Hall–Kier alpha value is -1.80. The Balaban J connectivity index is 1.49. The van der Waals surface area contributed by atoms with E-state index in [1.54, 1.807) is 0 Å². The molecule has 0 spiro atoms. The molecule has 8 heteroatoms. The summed E-state index contributed by atoms with van der Waals surface area (Å²) in [5.74, 6) is 1.64. The van der Waals surface area contributed by atoms with Gasteiger partial charge in [0.1, 0.15) is 0 Å². The first kappa shape index (κ1) is 16.7.